The van der Waals surface area contributed by atoms with E-state index in [2.05, 4.69) is 26.3 Å². The highest BCUT2D eigenvalue weighted by atomic mass is 16.5. The fourth-order valence-electron chi connectivity index (χ4n) is 4.27. The molecule has 3 N–H and O–H groups in total. The summed E-state index contributed by atoms with van der Waals surface area (Å²) in [5.41, 5.74) is 10.1. The largest absolute Gasteiger partial charge is 0.379 e. The Morgan fingerprint density at radius 3 is 2.84 bits per heavy atom. The van der Waals surface area contributed by atoms with Crippen molar-refractivity contribution < 1.29 is 9.53 Å². The second-order valence-corrected chi connectivity index (χ2v) is 8.29. The fraction of sp³-hybridized carbons (Fsp3) is 0.435. The fourth-order valence-corrected chi connectivity index (χ4v) is 4.27. The van der Waals surface area contributed by atoms with Crippen molar-refractivity contribution in [3.63, 3.8) is 0 Å². The third-order valence-electron chi connectivity index (χ3n) is 6.11. The number of primary amides is 1. The number of nitrogens with two attached hydrogens (primary N) is 1. The molecule has 1 amide bonds. The molecule has 8 heteroatoms. The van der Waals surface area contributed by atoms with Gasteiger partial charge in [-0.05, 0) is 49.4 Å². The van der Waals surface area contributed by atoms with Crippen LogP contribution in [0.15, 0.2) is 36.8 Å². The molecule has 0 radical (unpaired) electrons. The van der Waals surface area contributed by atoms with E-state index >= 15 is 0 Å². The summed E-state index contributed by atoms with van der Waals surface area (Å²) in [4.78, 5) is 23.4. The van der Waals surface area contributed by atoms with Gasteiger partial charge in [-0.25, -0.2) is 9.97 Å². The van der Waals surface area contributed by atoms with Crippen LogP contribution in [0, 0.1) is 0 Å². The van der Waals surface area contributed by atoms with Crippen molar-refractivity contribution >= 4 is 17.4 Å². The lowest BCUT2D eigenvalue weighted by molar-refractivity contribution is 0.0378. The van der Waals surface area contributed by atoms with Gasteiger partial charge in [0.15, 0.2) is 11.5 Å². The number of imidazole rings is 1. The van der Waals surface area contributed by atoms with Crippen molar-refractivity contribution in [1.29, 1.82) is 0 Å². The van der Waals surface area contributed by atoms with Crippen LogP contribution in [-0.4, -0.2) is 64.6 Å². The van der Waals surface area contributed by atoms with Crippen molar-refractivity contribution in [3.8, 4) is 11.3 Å². The van der Waals surface area contributed by atoms with Crippen molar-refractivity contribution in [1.82, 2.24) is 19.3 Å². The quantitative estimate of drug-likeness (QED) is 0.544. The molecule has 0 bridgehead atoms. The Morgan fingerprint density at radius 2 is 2.06 bits per heavy atom. The van der Waals surface area contributed by atoms with Crippen LogP contribution < -0.4 is 11.1 Å². The summed E-state index contributed by atoms with van der Waals surface area (Å²) in [6.07, 6.45) is 8.84. The molecule has 31 heavy (non-hydrogen) atoms. The van der Waals surface area contributed by atoms with E-state index in [1.54, 1.807) is 6.20 Å². The SMILES string of the molecule is NC(=O)c1ccc(-c2cnc3c(NCCCN4CCOCC4)nccn23)cc1C1CC1. The number of fused-ring (bicyclic) bond motifs is 1. The zero-order chi connectivity index (χ0) is 21.2. The summed E-state index contributed by atoms with van der Waals surface area (Å²) >= 11 is 0. The molecule has 2 fully saturated rings. The Morgan fingerprint density at radius 1 is 1.23 bits per heavy atom. The number of carbonyl (C=O) groups is 1. The van der Waals surface area contributed by atoms with Gasteiger partial charge in [-0.3, -0.25) is 14.1 Å². The van der Waals surface area contributed by atoms with Gasteiger partial charge < -0.3 is 15.8 Å². The Kier molecular flexibility index (Phi) is 5.57. The van der Waals surface area contributed by atoms with Crippen molar-refractivity contribution in [2.75, 3.05) is 44.7 Å². The first kappa shape index (κ1) is 20.0. The summed E-state index contributed by atoms with van der Waals surface area (Å²) < 4.78 is 7.45. The molecule has 8 nitrogen and oxygen atoms in total. The molecule has 1 aliphatic carbocycles. The zero-order valence-electron chi connectivity index (χ0n) is 17.6. The van der Waals surface area contributed by atoms with Gasteiger partial charge in [0, 0.05) is 43.2 Å². The van der Waals surface area contributed by atoms with Gasteiger partial charge >= 0.3 is 0 Å². The summed E-state index contributed by atoms with van der Waals surface area (Å²) in [6, 6.07) is 5.89. The van der Waals surface area contributed by atoms with Gasteiger partial charge in [0.05, 0.1) is 25.1 Å². The van der Waals surface area contributed by atoms with E-state index in [1.807, 2.05) is 28.9 Å². The van der Waals surface area contributed by atoms with Crippen LogP contribution in [0.3, 0.4) is 0 Å². The van der Waals surface area contributed by atoms with E-state index in [4.69, 9.17) is 10.5 Å². The molecule has 2 aliphatic rings. The molecular weight excluding hydrogens is 392 g/mol. The number of hydrogen-bond donors (Lipinski definition) is 2. The minimum atomic E-state index is -0.362. The number of nitrogens with zero attached hydrogens (tertiary/aromatic N) is 4. The third kappa shape index (κ3) is 4.26. The topological polar surface area (TPSA) is 97.8 Å². The van der Waals surface area contributed by atoms with E-state index in [1.165, 1.54) is 0 Å². The number of amides is 1. The monoisotopic (exact) mass is 420 g/mol. The summed E-state index contributed by atoms with van der Waals surface area (Å²) in [5, 5.41) is 3.44. The second-order valence-electron chi connectivity index (χ2n) is 8.29. The maximum Gasteiger partial charge on any atom is 0.248 e. The first-order valence-electron chi connectivity index (χ1n) is 11.0. The van der Waals surface area contributed by atoms with Crippen LogP contribution in [0.5, 0.6) is 0 Å². The molecule has 2 aromatic heterocycles. The average Bonchev–Trinajstić information content (AvgIpc) is 3.55. The molecule has 5 rings (SSSR count). The Hall–Kier alpha value is -2.97. The number of nitrogens with one attached hydrogen (secondary N) is 1. The van der Waals surface area contributed by atoms with E-state index in [9.17, 15) is 4.79 Å². The number of anilines is 1. The minimum absolute atomic E-state index is 0.362. The van der Waals surface area contributed by atoms with Crippen LogP contribution in [-0.2, 0) is 4.74 Å². The number of hydrogen-bond acceptors (Lipinski definition) is 6. The first-order valence-corrected chi connectivity index (χ1v) is 11.0. The summed E-state index contributed by atoms with van der Waals surface area (Å²) in [7, 11) is 0. The lowest BCUT2D eigenvalue weighted by Gasteiger charge is -2.26. The number of benzene rings is 1. The molecule has 1 aliphatic heterocycles. The minimum Gasteiger partial charge on any atom is -0.379 e. The normalized spacial score (nSPS) is 17.2. The highest BCUT2D eigenvalue weighted by molar-refractivity contribution is 5.95. The molecule has 3 aromatic rings. The molecule has 0 unspecified atom stereocenters. The van der Waals surface area contributed by atoms with E-state index in [-0.39, 0.29) is 5.91 Å². The Bertz CT molecular complexity index is 1080. The molecule has 1 saturated heterocycles. The van der Waals surface area contributed by atoms with E-state index < -0.39 is 0 Å². The van der Waals surface area contributed by atoms with Crippen molar-refractivity contribution in [3.05, 3.63) is 47.9 Å². The average molecular weight is 421 g/mol. The number of rotatable bonds is 8. The molecular formula is C23H28N6O2. The maximum absolute atomic E-state index is 11.8. The van der Waals surface area contributed by atoms with Crippen LogP contribution >= 0.6 is 0 Å². The third-order valence-corrected chi connectivity index (χ3v) is 6.11. The van der Waals surface area contributed by atoms with Gasteiger partial charge in [0.1, 0.15) is 0 Å². The molecule has 0 spiro atoms. The maximum atomic E-state index is 11.8. The lowest BCUT2D eigenvalue weighted by atomic mass is 9.98. The lowest BCUT2D eigenvalue weighted by Crippen LogP contribution is -2.37. The number of ether oxygens (including phenoxy) is 1. The predicted molar refractivity (Wildman–Crippen MR) is 119 cm³/mol. The second kappa shape index (κ2) is 8.64. The summed E-state index contributed by atoms with van der Waals surface area (Å²) in [5.74, 6) is 0.859. The van der Waals surface area contributed by atoms with Crippen LogP contribution in [0.2, 0.25) is 0 Å². The van der Waals surface area contributed by atoms with Crippen molar-refractivity contribution in [2.24, 2.45) is 5.73 Å². The van der Waals surface area contributed by atoms with E-state index in [0.717, 1.165) is 86.9 Å². The molecule has 1 aromatic carbocycles. The number of aromatic nitrogens is 3. The Labute approximate surface area is 181 Å². The first-order chi connectivity index (χ1) is 15.2. The van der Waals surface area contributed by atoms with Gasteiger partial charge in [-0.15, -0.1) is 0 Å². The smallest absolute Gasteiger partial charge is 0.248 e. The van der Waals surface area contributed by atoms with Gasteiger partial charge in [0.2, 0.25) is 5.91 Å². The molecule has 3 heterocycles. The molecule has 1 saturated carbocycles. The summed E-state index contributed by atoms with van der Waals surface area (Å²) in [6.45, 7) is 5.56. The number of morpholine rings is 1. The Balaban J connectivity index is 1.33. The molecule has 162 valence electrons. The van der Waals surface area contributed by atoms with E-state index in [0.29, 0.717) is 11.5 Å². The predicted octanol–water partition coefficient (Wildman–Crippen LogP) is 2.51. The highest BCUT2D eigenvalue weighted by Gasteiger charge is 2.28. The van der Waals surface area contributed by atoms with Gasteiger partial charge in [-0.2, -0.15) is 0 Å². The van der Waals surface area contributed by atoms with Crippen LogP contribution in [0.25, 0.3) is 16.9 Å². The zero-order valence-corrected chi connectivity index (χ0v) is 17.6. The van der Waals surface area contributed by atoms with Gasteiger partial charge in [-0.1, -0.05) is 6.07 Å². The number of carbonyl (C=O) groups excluding carboxylic acids is 1. The highest BCUT2D eigenvalue weighted by Crippen LogP contribution is 2.43. The van der Waals surface area contributed by atoms with Crippen molar-refractivity contribution in [2.45, 2.75) is 25.2 Å². The standard InChI is InChI=1S/C23H28N6O2/c24-21(30)18-5-4-17(14-19(18)16-2-3-16)20-15-27-23-22(26-7-9-29(20)23)25-6-1-8-28-10-12-31-13-11-28/h4-5,7,9,14-16H,1-3,6,8,10-13H2,(H2,24,30)(H,25,26). The van der Waals surface area contributed by atoms with Crippen LogP contribution in [0.4, 0.5) is 5.82 Å². The van der Waals surface area contributed by atoms with Gasteiger partial charge in [0.25, 0.3) is 0 Å². The molecule has 0 atom stereocenters. The van der Waals surface area contributed by atoms with Crippen LogP contribution in [0.1, 0.15) is 41.1 Å².